The van der Waals surface area contributed by atoms with Crippen LogP contribution in [0.5, 0.6) is 5.75 Å². The number of nitrogens with zero attached hydrogens (tertiary/aromatic N) is 2. The minimum absolute atomic E-state index is 0.275. The van der Waals surface area contributed by atoms with Gasteiger partial charge in [-0.15, -0.1) is 0 Å². The third-order valence-electron chi connectivity index (χ3n) is 5.40. The number of ether oxygens (including phenoxy) is 2. The second kappa shape index (κ2) is 11.7. The van der Waals surface area contributed by atoms with Gasteiger partial charge in [0.25, 0.3) is 0 Å². The summed E-state index contributed by atoms with van der Waals surface area (Å²) in [6.07, 6.45) is 0.549. The van der Waals surface area contributed by atoms with Gasteiger partial charge in [0.2, 0.25) is 0 Å². The third-order valence-corrected chi connectivity index (χ3v) is 5.40. The van der Waals surface area contributed by atoms with Crippen LogP contribution in [0.3, 0.4) is 0 Å². The first-order chi connectivity index (χ1) is 15.1. The predicted octanol–water partition coefficient (Wildman–Crippen LogP) is 3.56. The summed E-state index contributed by atoms with van der Waals surface area (Å²) in [6, 6.07) is 16.7. The van der Waals surface area contributed by atoms with Crippen LogP contribution >= 0.6 is 0 Å². The van der Waals surface area contributed by atoms with Crippen LogP contribution < -0.4 is 15.4 Å². The summed E-state index contributed by atoms with van der Waals surface area (Å²) >= 11 is 0. The number of morpholine rings is 1. The number of para-hydroxylation sites is 1. The fourth-order valence-electron chi connectivity index (χ4n) is 4.06. The molecule has 3 rings (SSSR count). The quantitative estimate of drug-likeness (QED) is 0.501. The van der Waals surface area contributed by atoms with Crippen LogP contribution in [0.25, 0.3) is 0 Å². The van der Waals surface area contributed by atoms with Crippen molar-refractivity contribution in [3.05, 3.63) is 65.2 Å². The molecule has 2 atom stereocenters. The van der Waals surface area contributed by atoms with E-state index in [2.05, 4.69) is 64.7 Å². The SMILES string of the molecule is CCOc1ccccc1CNC(=NC)NCc1ccccc1CN1CC(C)OC(C)C1. The van der Waals surface area contributed by atoms with Crippen molar-refractivity contribution in [1.29, 1.82) is 0 Å². The van der Waals surface area contributed by atoms with Gasteiger partial charge in [-0.1, -0.05) is 42.5 Å². The summed E-state index contributed by atoms with van der Waals surface area (Å²) in [7, 11) is 1.80. The molecule has 2 N–H and O–H groups in total. The zero-order chi connectivity index (χ0) is 22.1. The fraction of sp³-hybridized carbons (Fsp3) is 0.480. The molecule has 0 radical (unpaired) electrons. The molecule has 1 saturated heterocycles. The highest BCUT2D eigenvalue weighted by Gasteiger charge is 2.22. The molecule has 1 heterocycles. The van der Waals surface area contributed by atoms with E-state index in [-0.39, 0.29) is 12.2 Å². The van der Waals surface area contributed by atoms with E-state index in [0.29, 0.717) is 13.2 Å². The molecular weight excluding hydrogens is 388 g/mol. The maximum Gasteiger partial charge on any atom is 0.191 e. The average Bonchev–Trinajstić information content (AvgIpc) is 2.75. The van der Waals surface area contributed by atoms with Gasteiger partial charge < -0.3 is 20.1 Å². The molecule has 1 aliphatic heterocycles. The van der Waals surface area contributed by atoms with Crippen LogP contribution in [0.2, 0.25) is 0 Å². The highest BCUT2D eigenvalue weighted by molar-refractivity contribution is 5.79. The van der Waals surface area contributed by atoms with Gasteiger partial charge >= 0.3 is 0 Å². The topological polar surface area (TPSA) is 58.1 Å². The Hall–Kier alpha value is -2.57. The van der Waals surface area contributed by atoms with E-state index in [9.17, 15) is 0 Å². The second-order valence-corrected chi connectivity index (χ2v) is 8.04. The first kappa shape index (κ1) is 23.1. The monoisotopic (exact) mass is 424 g/mol. The Morgan fingerprint density at radius 2 is 1.55 bits per heavy atom. The lowest BCUT2D eigenvalue weighted by Gasteiger charge is -2.35. The van der Waals surface area contributed by atoms with Gasteiger partial charge in [0.1, 0.15) is 5.75 Å². The summed E-state index contributed by atoms with van der Waals surface area (Å²) in [6.45, 7) is 11.2. The van der Waals surface area contributed by atoms with E-state index in [0.717, 1.165) is 43.5 Å². The zero-order valence-electron chi connectivity index (χ0n) is 19.2. The van der Waals surface area contributed by atoms with Crippen LogP contribution in [-0.2, 0) is 24.4 Å². The van der Waals surface area contributed by atoms with Gasteiger partial charge in [-0.05, 0) is 38.0 Å². The van der Waals surface area contributed by atoms with Crippen LogP contribution in [-0.4, -0.2) is 49.8 Å². The van der Waals surface area contributed by atoms with Crippen molar-refractivity contribution < 1.29 is 9.47 Å². The van der Waals surface area contributed by atoms with Crippen LogP contribution in [0.15, 0.2) is 53.5 Å². The lowest BCUT2D eigenvalue weighted by molar-refractivity contribution is -0.0705. The Morgan fingerprint density at radius 1 is 0.968 bits per heavy atom. The Balaban J connectivity index is 1.57. The summed E-state index contributed by atoms with van der Waals surface area (Å²) in [5.74, 6) is 1.68. The maximum atomic E-state index is 5.88. The molecule has 1 fully saturated rings. The molecule has 0 bridgehead atoms. The van der Waals surface area contributed by atoms with Crippen molar-refractivity contribution in [1.82, 2.24) is 15.5 Å². The fourth-order valence-corrected chi connectivity index (χ4v) is 4.06. The Morgan fingerprint density at radius 3 is 2.19 bits per heavy atom. The predicted molar refractivity (Wildman–Crippen MR) is 126 cm³/mol. The summed E-state index contributed by atoms with van der Waals surface area (Å²) in [5.41, 5.74) is 3.74. The molecule has 0 saturated carbocycles. The van der Waals surface area contributed by atoms with Crippen LogP contribution in [0, 0.1) is 0 Å². The molecule has 168 valence electrons. The highest BCUT2D eigenvalue weighted by Crippen LogP contribution is 2.18. The zero-order valence-corrected chi connectivity index (χ0v) is 19.2. The number of benzene rings is 2. The standard InChI is InChI=1S/C25H36N4O2/c1-5-30-24-13-9-8-11-22(24)15-28-25(26-4)27-14-21-10-6-7-12-23(21)18-29-16-19(2)31-20(3)17-29/h6-13,19-20H,5,14-18H2,1-4H3,(H2,26,27,28). The number of hydrogen-bond donors (Lipinski definition) is 2. The molecule has 0 spiro atoms. The molecule has 2 unspecified atom stereocenters. The number of aliphatic imine (C=N–C) groups is 1. The Bertz CT molecular complexity index is 845. The normalized spacial score (nSPS) is 19.8. The lowest BCUT2D eigenvalue weighted by atomic mass is 10.1. The van der Waals surface area contributed by atoms with E-state index in [4.69, 9.17) is 9.47 Å². The minimum atomic E-state index is 0.275. The number of guanidine groups is 1. The summed E-state index contributed by atoms with van der Waals surface area (Å²) < 4.78 is 11.6. The molecule has 1 aliphatic rings. The molecule has 2 aromatic rings. The molecule has 6 heteroatoms. The number of rotatable bonds is 8. The van der Waals surface area contributed by atoms with Crippen molar-refractivity contribution in [2.24, 2.45) is 4.99 Å². The molecular formula is C25H36N4O2. The first-order valence-electron chi connectivity index (χ1n) is 11.2. The van der Waals surface area contributed by atoms with Gasteiger partial charge in [-0.25, -0.2) is 0 Å². The van der Waals surface area contributed by atoms with Gasteiger partial charge in [-0.3, -0.25) is 9.89 Å². The molecule has 0 amide bonds. The van der Waals surface area contributed by atoms with E-state index in [1.165, 1.54) is 11.1 Å². The largest absolute Gasteiger partial charge is 0.494 e. The van der Waals surface area contributed by atoms with Crippen molar-refractivity contribution >= 4 is 5.96 Å². The van der Waals surface area contributed by atoms with Crippen LogP contribution in [0.4, 0.5) is 0 Å². The molecule has 6 nitrogen and oxygen atoms in total. The molecule has 0 aromatic heterocycles. The third kappa shape index (κ3) is 6.97. The first-order valence-corrected chi connectivity index (χ1v) is 11.2. The smallest absolute Gasteiger partial charge is 0.191 e. The van der Waals surface area contributed by atoms with Gasteiger partial charge in [0, 0.05) is 45.3 Å². The molecule has 31 heavy (non-hydrogen) atoms. The maximum absolute atomic E-state index is 5.88. The van der Waals surface area contributed by atoms with Gasteiger partial charge in [0.05, 0.1) is 18.8 Å². The van der Waals surface area contributed by atoms with Crippen molar-refractivity contribution in [3.63, 3.8) is 0 Å². The number of hydrogen-bond acceptors (Lipinski definition) is 4. The summed E-state index contributed by atoms with van der Waals surface area (Å²) in [5, 5.41) is 6.86. The van der Waals surface area contributed by atoms with E-state index in [1.807, 2.05) is 25.1 Å². The summed E-state index contributed by atoms with van der Waals surface area (Å²) in [4.78, 5) is 6.87. The van der Waals surface area contributed by atoms with E-state index < -0.39 is 0 Å². The highest BCUT2D eigenvalue weighted by atomic mass is 16.5. The minimum Gasteiger partial charge on any atom is -0.494 e. The van der Waals surface area contributed by atoms with Crippen LogP contribution in [0.1, 0.15) is 37.5 Å². The van der Waals surface area contributed by atoms with E-state index >= 15 is 0 Å². The van der Waals surface area contributed by atoms with Crippen molar-refractivity contribution in [2.45, 2.75) is 52.6 Å². The van der Waals surface area contributed by atoms with Gasteiger partial charge in [0.15, 0.2) is 5.96 Å². The van der Waals surface area contributed by atoms with E-state index in [1.54, 1.807) is 7.05 Å². The van der Waals surface area contributed by atoms with Crippen molar-refractivity contribution in [3.8, 4) is 5.75 Å². The molecule has 0 aliphatic carbocycles. The van der Waals surface area contributed by atoms with Gasteiger partial charge in [-0.2, -0.15) is 0 Å². The van der Waals surface area contributed by atoms with Crippen molar-refractivity contribution in [2.75, 3.05) is 26.7 Å². The number of nitrogens with one attached hydrogen (secondary N) is 2. The lowest BCUT2D eigenvalue weighted by Crippen LogP contribution is -2.45. The second-order valence-electron chi connectivity index (χ2n) is 8.04. The molecule has 2 aromatic carbocycles. The Kier molecular flexibility index (Phi) is 8.74. The average molecular weight is 425 g/mol. The Labute approximate surface area is 186 Å².